The Labute approximate surface area is 103 Å². The lowest BCUT2D eigenvalue weighted by Crippen LogP contribution is -3.00. The zero-order chi connectivity index (χ0) is 11.5. The molecule has 0 aliphatic heterocycles. The Balaban J connectivity index is 0.00000225. The summed E-state index contributed by atoms with van der Waals surface area (Å²) in [5.74, 6) is 0.527. The lowest BCUT2D eigenvalue weighted by molar-refractivity contribution is -0.638. The molecule has 0 unspecified atom stereocenters. The number of hydrogen-bond acceptors (Lipinski definition) is 2. The lowest BCUT2D eigenvalue weighted by atomic mass is 9.90. The van der Waals surface area contributed by atoms with E-state index in [0.717, 1.165) is 0 Å². The first-order chi connectivity index (χ1) is 6.93. The van der Waals surface area contributed by atoms with E-state index in [1.54, 1.807) is 29.8 Å². The molecule has 3 nitrogen and oxygen atoms in total. The monoisotopic (exact) mass is 242 g/mol. The van der Waals surface area contributed by atoms with Crippen molar-refractivity contribution in [3.63, 3.8) is 0 Å². The van der Waals surface area contributed by atoms with E-state index in [-0.39, 0.29) is 23.9 Å². The van der Waals surface area contributed by atoms with E-state index >= 15 is 0 Å². The summed E-state index contributed by atoms with van der Waals surface area (Å²) >= 11 is 0. The molecule has 0 saturated heterocycles. The molecule has 1 rings (SSSR count). The number of halogens is 1. The standard InChI is InChI=1S/C12H18N2O.ClH/c1-9(2)12(3,4)14-11(15)10-5-7-13-8-6-10;/h5-9H,1-4H3,(H,14,15);1H. The van der Waals surface area contributed by atoms with Gasteiger partial charge in [-0.2, -0.15) is 0 Å². The Kier molecular flexibility index (Phi) is 5.62. The predicted molar refractivity (Wildman–Crippen MR) is 59.4 cm³/mol. The quantitative estimate of drug-likeness (QED) is 0.682. The van der Waals surface area contributed by atoms with Gasteiger partial charge in [0.2, 0.25) is 0 Å². The van der Waals surface area contributed by atoms with Crippen molar-refractivity contribution in [2.75, 3.05) is 0 Å². The van der Waals surface area contributed by atoms with Gasteiger partial charge >= 0.3 is 5.91 Å². The second-order valence-electron chi connectivity index (χ2n) is 4.72. The Bertz CT molecular complexity index is 336. The van der Waals surface area contributed by atoms with Crippen LogP contribution in [0.15, 0.2) is 24.5 Å². The van der Waals surface area contributed by atoms with Crippen molar-refractivity contribution in [3.05, 3.63) is 30.1 Å². The van der Waals surface area contributed by atoms with Gasteiger partial charge < -0.3 is 12.4 Å². The van der Waals surface area contributed by atoms with Crippen LogP contribution in [0.4, 0.5) is 0 Å². The van der Waals surface area contributed by atoms with E-state index in [1.807, 2.05) is 0 Å². The van der Waals surface area contributed by atoms with Gasteiger partial charge in [-0.3, -0.25) is 10.3 Å². The highest BCUT2D eigenvalue weighted by molar-refractivity contribution is 5.86. The first-order valence-electron chi connectivity index (χ1n) is 5.24. The third kappa shape index (κ3) is 3.91. The number of quaternary nitrogens is 1. The summed E-state index contributed by atoms with van der Waals surface area (Å²) in [6.07, 6.45) is 3.28. The van der Waals surface area contributed by atoms with Crippen LogP contribution in [0.1, 0.15) is 38.1 Å². The van der Waals surface area contributed by atoms with Gasteiger partial charge in [0.25, 0.3) is 0 Å². The maximum absolute atomic E-state index is 11.9. The molecule has 4 heteroatoms. The SMILES string of the molecule is CC(C)C(C)(C)[NH2+]C(=O)c1ccncc1.[Cl-]. The molecule has 1 aromatic rings. The number of nitrogens with two attached hydrogens (primary N) is 1. The van der Waals surface area contributed by atoms with Crippen LogP contribution >= 0.6 is 0 Å². The third-order valence-corrected chi connectivity index (χ3v) is 2.96. The molecule has 0 aliphatic carbocycles. The minimum Gasteiger partial charge on any atom is -1.00 e. The van der Waals surface area contributed by atoms with Gasteiger partial charge in [-0.1, -0.05) is 13.8 Å². The van der Waals surface area contributed by atoms with Gasteiger partial charge in [-0.05, 0) is 26.0 Å². The zero-order valence-electron chi connectivity index (χ0n) is 10.2. The molecule has 16 heavy (non-hydrogen) atoms. The van der Waals surface area contributed by atoms with E-state index in [1.165, 1.54) is 0 Å². The molecular weight excluding hydrogens is 224 g/mol. The average Bonchev–Trinajstić information content (AvgIpc) is 2.18. The Morgan fingerprint density at radius 2 is 1.81 bits per heavy atom. The van der Waals surface area contributed by atoms with Gasteiger partial charge in [-0.25, -0.2) is 4.79 Å². The van der Waals surface area contributed by atoms with Crippen LogP contribution in [0.25, 0.3) is 0 Å². The van der Waals surface area contributed by atoms with E-state index < -0.39 is 0 Å². The lowest BCUT2D eigenvalue weighted by Gasteiger charge is -2.25. The van der Waals surface area contributed by atoms with Crippen LogP contribution < -0.4 is 17.7 Å². The largest absolute Gasteiger partial charge is 1.00 e. The smallest absolute Gasteiger partial charge is 0.343 e. The van der Waals surface area contributed by atoms with Crippen molar-refractivity contribution < 1.29 is 22.5 Å². The summed E-state index contributed by atoms with van der Waals surface area (Å²) < 4.78 is 0. The molecule has 1 amide bonds. The van der Waals surface area contributed by atoms with E-state index in [2.05, 4.69) is 32.7 Å². The van der Waals surface area contributed by atoms with Crippen LogP contribution in [0.5, 0.6) is 0 Å². The van der Waals surface area contributed by atoms with Gasteiger partial charge in [0.1, 0.15) is 0 Å². The second-order valence-corrected chi connectivity index (χ2v) is 4.72. The minimum absolute atomic E-state index is 0. The molecule has 0 atom stereocenters. The number of rotatable bonds is 3. The topological polar surface area (TPSA) is 46.6 Å². The van der Waals surface area contributed by atoms with Crippen molar-refractivity contribution in [1.82, 2.24) is 4.98 Å². The van der Waals surface area contributed by atoms with Crippen LogP contribution in [-0.2, 0) is 0 Å². The van der Waals surface area contributed by atoms with E-state index in [0.29, 0.717) is 11.5 Å². The molecule has 0 radical (unpaired) electrons. The summed E-state index contributed by atoms with van der Waals surface area (Å²) in [5, 5.41) is 1.80. The van der Waals surface area contributed by atoms with Gasteiger partial charge in [0.05, 0.1) is 11.1 Å². The van der Waals surface area contributed by atoms with Crippen LogP contribution in [-0.4, -0.2) is 16.4 Å². The zero-order valence-corrected chi connectivity index (χ0v) is 11.0. The van der Waals surface area contributed by atoms with Crippen LogP contribution in [0.2, 0.25) is 0 Å². The summed E-state index contributed by atoms with van der Waals surface area (Å²) in [6, 6.07) is 3.49. The average molecular weight is 243 g/mol. The van der Waals surface area contributed by atoms with Crippen molar-refractivity contribution >= 4 is 5.91 Å². The highest BCUT2D eigenvalue weighted by atomic mass is 35.5. The number of hydrogen-bond donors (Lipinski definition) is 1. The summed E-state index contributed by atoms with van der Waals surface area (Å²) in [4.78, 5) is 15.8. The summed E-state index contributed by atoms with van der Waals surface area (Å²) in [7, 11) is 0. The van der Waals surface area contributed by atoms with E-state index in [9.17, 15) is 4.79 Å². The predicted octanol–water partition coefficient (Wildman–Crippen LogP) is -1.78. The number of nitrogens with zero attached hydrogens (tertiary/aromatic N) is 1. The fourth-order valence-corrected chi connectivity index (χ4v) is 1.10. The fraction of sp³-hybridized carbons (Fsp3) is 0.500. The number of carbonyl (C=O) groups is 1. The molecule has 1 aromatic heterocycles. The number of carbonyl (C=O) groups excluding carboxylic acids is 1. The molecule has 0 spiro atoms. The molecule has 2 N–H and O–H groups in total. The Morgan fingerprint density at radius 1 is 1.31 bits per heavy atom. The molecule has 90 valence electrons. The normalized spacial score (nSPS) is 11.1. The molecule has 0 bridgehead atoms. The van der Waals surface area contributed by atoms with Crippen LogP contribution in [0, 0.1) is 5.92 Å². The summed E-state index contributed by atoms with van der Waals surface area (Å²) in [6.45, 7) is 8.40. The number of aromatic nitrogens is 1. The first kappa shape index (κ1) is 15.1. The van der Waals surface area contributed by atoms with Gasteiger partial charge in [0, 0.05) is 18.3 Å². The maximum Gasteiger partial charge on any atom is 0.343 e. The summed E-state index contributed by atoms with van der Waals surface area (Å²) in [5.41, 5.74) is 0.638. The fourth-order valence-electron chi connectivity index (χ4n) is 1.10. The molecule has 0 aromatic carbocycles. The highest BCUT2D eigenvalue weighted by Gasteiger charge is 2.29. The first-order valence-corrected chi connectivity index (χ1v) is 5.24. The molecule has 0 saturated carbocycles. The van der Waals surface area contributed by atoms with Crippen molar-refractivity contribution in [2.24, 2.45) is 5.92 Å². The minimum atomic E-state index is -0.0691. The molecular formula is C12H19ClN2O. The Morgan fingerprint density at radius 3 is 2.25 bits per heavy atom. The maximum atomic E-state index is 11.9. The third-order valence-electron chi connectivity index (χ3n) is 2.96. The Hall–Kier alpha value is -0.930. The van der Waals surface area contributed by atoms with Crippen LogP contribution in [0.3, 0.4) is 0 Å². The second kappa shape index (κ2) is 5.97. The number of pyridine rings is 1. The number of amides is 1. The van der Waals surface area contributed by atoms with Gasteiger partial charge in [-0.15, -0.1) is 0 Å². The highest BCUT2D eigenvalue weighted by Crippen LogP contribution is 2.09. The molecule has 0 aliphatic rings. The van der Waals surface area contributed by atoms with Crippen molar-refractivity contribution in [2.45, 2.75) is 33.2 Å². The van der Waals surface area contributed by atoms with Crippen molar-refractivity contribution in [1.29, 1.82) is 0 Å². The van der Waals surface area contributed by atoms with Crippen molar-refractivity contribution in [3.8, 4) is 0 Å². The molecule has 0 fully saturated rings. The van der Waals surface area contributed by atoms with Gasteiger partial charge in [0.15, 0.2) is 0 Å². The number of primary amides is 1. The molecule has 1 heterocycles. The van der Waals surface area contributed by atoms with E-state index in [4.69, 9.17) is 0 Å².